The van der Waals surface area contributed by atoms with Gasteiger partial charge >= 0.3 is 6.09 Å². The standard InChI is InChI=1S/C31H40FN5O3/c1-21-27(22(2)34-20-33-21)28(38)37-18-23-16-35(17-24(23)19-37)12-9-31(25-7-6-8-26(32)15-25)10-13-36(14-11-31)29(39)40-30(3,4)5/h6-8,15,18,20,24H,9-14,16-17,19H2,1-5H3. The summed E-state index contributed by atoms with van der Waals surface area (Å²) in [6, 6.07) is 6.95. The SMILES string of the molecule is Cc1ncnc(C)c1C(=O)N1C=C2CN(CCC3(c4cccc(F)c4)CCN(C(=O)OC(C)(C)C)CC3)CC2C1. The number of fused-ring (bicyclic) bond motifs is 1. The lowest BCUT2D eigenvalue weighted by atomic mass is 9.70. The van der Waals surface area contributed by atoms with E-state index in [1.54, 1.807) is 17.0 Å². The molecule has 2 amide bonds. The van der Waals surface area contributed by atoms with Gasteiger partial charge in [-0.05, 0) is 89.1 Å². The summed E-state index contributed by atoms with van der Waals surface area (Å²) in [6.07, 6.45) is 5.62. The summed E-state index contributed by atoms with van der Waals surface area (Å²) in [5, 5.41) is 0. The zero-order valence-corrected chi connectivity index (χ0v) is 24.2. The summed E-state index contributed by atoms with van der Waals surface area (Å²) in [4.78, 5) is 40.4. The fourth-order valence-electron chi connectivity index (χ4n) is 6.37. The number of rotatable bonds is 5. The van der Waals surface area contributed by atoms with Crippen molar-refractivity contribution < 1.29 is 18.7 Å². The molecule has 3 aliphatic rings. The van der Waals surface area contributed by atoms with Gasteiger partial charge in [-0.2, -0.15) is 0 Å². The first-order valence-electron chi connectivity index (χ1n) is 14.2. The molecular formula is C31H40FN5O3. The minimum Gasteiger partial charge on any atom is -0.444 e. The molecular weight excluding hydrogens is 509 g/mol. The van der Waals surface area contributed by atoms with E-state index in [0.717, 1.165) is 44.5 Å². The van der Waals surface area contributed by atoms with Crippen molar-refractivity contribution >= 4 is 12.0 Å². The zero-order chi connectivity index (χ0) is 28.7. The molecule has 3 aliphatic heterocycles. The average Bonchev–Trinajstić information content (AvgIpc) is 3.46. The predicted molar refractivity (Wildman–Crippen MR) is 150 cm³/mol. The maximum absolute atomic E-state index is 14.3. The van der Waals surface area contributed by atoms with Crippen molar-refractivity contribution in [2.75, 3.05) is 39.3 Å². The molecule has 2 aromatic rings. The number of carbonyl (C=O) groups excluding carboxylic acids is 2. The number of benzene rings is 1. The van der Waals surface area contributed by atoms with E-state index < -0.39 is 5.60 Å². The van der Waals surface area contributed by atoms with Crippen LogP contribution in [0.4, 0.5) is 9.18 Å². The third-order valence-electron chi connectivity index (χ3n) is 8.56. The van der Waals surface area contributed by atoms with Crippen LogP contribution in [0.25, 0.3) is 0 Å². The first-order chi connectivity index (χ1) is 18.9. The molecule has 2 fully saturated rings. The van der Waals surface area contributed by atoms with Crippen molar-refractivity contribution in [3.05, 3.63) is 70.7 Å². The number of carbonyl (C=O) groups is 2. The Kier molecular flexibility index (Phi) is 7.70. The molecule has 0 spiro atoms. The lowest BCUT2D eigenvalue weighted by Gasteiger charge is -2.43. The quantitative estimate of drug-likeness (QED) is 0.530. The minimum absolute atomic E-state index is 0.0362. The Balaban J connectivity index is 1.24. The van der Waals surface area contributed by atoms with Gasteiger partial charge in [-0.15, -0.1) is 0 Å². The lowest BCUT2D eigenvalue weighted by molar-refractivity contribution is 0.0154. The topological polar surface area (TPSA) is 78.9 Å². The monoisotopic (exact) mass is 549 g/mol. The van der Waals surface area contributed by atoms with Gasteiger partial charge < -0.3 is 14.5 Å². The number of halogens is 1. The summed E-state index contributed by atoms with van der Waals surface area (Å²) in [6.45, 7) is 13.7. The summed E-state index contributed by atoms with van der Waals surface area (Å²) in [5.41, 5.74) is 3.53. The van der Waals surface area contributed by atoms with Gasteiger partial charge in [0.2, 0.25) is 0 Å². The Bertz CT molecular complexity index is 1290. The third kappa shape index (κ3) is 5.89. The third-order valence-corrected chi connectivity index (χ3v) is 8.56. The van der Waals surface area contributed by atoms with Crippen LogP contribution >= 0.6 is 0 Å². The van der Waals surface area contributed by atoms with Gasteiger partial charge in [0.15, 0.2) is 0 Å². The van der Waals surface area contributed by atoms with Crippen LogP contribution in [-0.4, -0.2) is 81.5 Å². The van der Waals surface area contributed by atoms with Gasteiger partial charge in [0, 0.05) is 44.8 Å². The number of piperidine rings is 1. The summed E-state index contributed by atoms with van der Waals surface area (Å²) in [7, 11) is 0. The van der Waals surface area contributed by atoms with Gasteiger partial charge in [0.25, 0.3) is 5.91 Å². The highest BCUT2D eigenvalue weighted by Crippen LogP contribution is 2.40. The van der Waals surface area contributed by atoms with Gasteiger partial charge in [-0.25, -0.2) is 19.2 Å². The van der Waals surface area contributed by atoms with Crippen LogP contribution in [0.2, 0.25) is 0 Å². The highest BCUT2D eigenvalue weighted by Gasteiger charge is 2.41. The number of ether oxygens (including phenoxy) is 1. The van der Waals surface area contributed by atoms with E-state index in [1.807, 2.05) is 51.8 Å². The Morgan fingerprint density at radius 3 is 2.42 bits per heavy atom. The van der Waals surface area contributed by atoms with E-state index >= 15 is 0 Å². The van der Waals surface area contributed by atoms with Gasteiger partial charge in [-0.3, -0.25) is 9.69 Å². The van der Waals surface area contributed by atoms with E-state index in [-0.39, 0.29) is 23.2 Å². The number of nitrogens with zero attached hydrogens (tertiary/aromatic N) is 5. The highest BCUT2D eigenvalue weighted by atomic mass is 19.1. The van der Waals surface area contributed by atoms with Crippen molar-refractivity contribution in [1.29, 1.82) is 0 Å². The molecule has 0 bridgehead atoms. The molecule has 9 heteroatoms. The summed E-state index contributed by atoms with van der Waals surface area (Å²) < 4.78 is 19.9. The molecule has 1 atom stereocenters. The van der Waals surface area contributed by atoms with Crippen LogP contribution in [0.1, 0.15) is 67.3 Å². The van der Waals surface area contributed by atoms with Gasteiger partial charge in [0.1, 0.15) is 17.7 Å². The Hall–Kier alpha value is -3.33. The highest BCUT2D eigenvalue weighted by molar-refractivity contribution is 5.97. The number of aryl methyl sites for hydroxylation is 2. The number of aromatic nitrogens is 2. The van der Waals surface area contributed by atoms with Crippen LogP contribution in [0.3, 0.4) is 0 Å². The van der Waals surface area contributed by atoms with E-state index in [4.69, 9.17) is 4.74 Å². The normalized spacial score (nSPS) is 20.9. The number of likely N-dealkylation sites (tertiary alicyclic amines) is 2. The number of amides is 2. The van der Waals surface area contributed by atoms with Crippen molar-refractivity contribution in [1.82, 2.24) is 24.7 Å². The smallest absolute Gasteiger partial charge is 0.410 e. The zero-order valence-electron chi connectivity index (χ0n) is 24.2. The number of hydrogen-bond donors (Lipinski definition) is 0. The molecule has 214 valence electrons. The second-order valence-corrected chi connectivity index (χ2v) is 12.5. The predicted octanol–water partition coefficient (Wildman–Crippen LogP) is 4.86. The molecule has 4 heterocycles. The molecule has 1 aromatic carbocycles. The fourth-order valence-corrected chi connectivity index (χ4v) is 6.37. The van der Waals surface area contributed by atoms with E-state index in [0.29, 0.717) is 42.5 Å². The van der Waals surface area contributed by atoms with Crippen LogP contribution in [0.15, 0.2) is 42.4 Å². The van der Waals surface area contributed by atoms with Crippen LogP contribution in [0.5, 0.6) is 0 Å². The molecule has 5 rings (SSSR count). The fraction of sp³-hybridized carbons (Fsp3) is 0.548. The molecule has 1 unspecified atom stereocenters. The van der Waals surface area contributed by atoms with Gasteiger partial charge in [-0.1, -0.05) is 12.1 Å². The van der Waals surface area contributed by atoms with E-state index in [9.17, 15) is 14.0 Å². The molecule has 8 nitrogen and oxygen atoms in total. The maximum Gasteiger partial charge on any atom is 0.410 e. The van der Waals surface area contributed by atoms with Gasteiger partial charge in [0.05, 0.1) is 17.0 Å². The van der Waals surface area contributed by atoms with Crippen molar-refractivity contribution in [3.63, 3.8) is 0 Å². The molecule has 2 saturated heterocycles. The van der Waals surface area contributed by atoms with E-state index in [1.165, 1.54) is 18.0 Å². The van der Waals surface area contributed by atoms with Crippen LogP contribution in [-0.2, 0) is 10.2 Å². The number of hydrogen-bond acceptors (Lipinski definition) is 6. The van der Waals surface area contributed by atoms with Crippen molar-refractivity contribution in [2.24, 2.45) is 5.92 Å². The summed E-state index contributed by atoms with van der Waals surface area (Å²) in [5.74, 6) is 0.0468. The molecule has 0 saturated carbocycles. The van der Waals surface area contributed by atoms with Crippen LogP contribution < -0.4 is 0 Å². The molecule has 0 N–H and O–H groups in total. The first-order valence-corrected chi connectivity index (χ1v) is 14.2. The summed E-state index contributed by atoms with van der Waals surface area (Å²) >= 11 is 0. The van der Waals surface area contributed by atoms with Crippen molar-refractivity contribution in [2.45, 2.75) is 64.9 Å². The molecule has 40 heavy (non-hydrogen) atoms. The second kappa shape index (κ2) is 10.9. The van der Waals surface area contributed by atoms with Crippen LogP contribution in [0, 0.1) is 25.6 Å². The largest absolute Gasteiger partial charge is 0.444 e. The maximum atomic E-state index is 14.3. The minimum atomic E-state index is -0.538. The Morgan fingerprint density at radius 2 is 1.80 bits per heavy atom. The molecule has 0 aliphatic carbocycles. The molecule has 1 aromatic heterocycles. The molecule has 0 radical (unpaired) electrons. The lowest BCUT2D eigenvalue weighted by Crippen LogP contribution is -2.47. The van der Waals surface area contributed by atoms with Crippen molar-refractivity contribution in [3.8, 4) is 0 Å². The average molecular weight is 550 g/mol. The Morgan fingerprint density at radius 1 is 1.10 bits per heavy atom. The first kappa shape index (κ1) is 28.2. The van der Waals surface area contributed by atoms with E-state index in [2.05, 4.69) is 14.9 Å². The second-order valence-electron chi connectivity index (χ2n) is 12.5. The Labute approximate surface area is 236 Å².